The van der Waals surface area contributed by atoms with Crippen LogP contribution in [0.25, 0.3) is 18.1 Å². The number of nitrogens with zero attached hydrogens (tertiary/aromatic N) is 4. The maximum Gasteiger partial charge on any atom is 0.433 e. The van der Waals surface area contributed by atoms with Crippen LogP contribution < -0.4 is 9.47 Å². The molecule has 4 rings (SSSR count). The fraction of sp³-hybridized carbons (Fsp3) is 0.192. The highest BCUT2D eigenvalue weighted by molar-refractivity contribution is 5.70. The number of aromatic hydroxyl groups is 2. The fourth-order valence-electron chi connectivity index (χ4n) is 3.59. The van der Waals surface area contributed by atoms with Crippen molar-refractivity contribution >= 4 is 12.2 Å². The number of aryl methyl sites for hydroxylation is 2. The molecule has 0 saturated carbocycles. The molecule has 2 heterocycles. The minimum atomic E-state index is -4.63. The lowest BCUT2D eigenvalue weighted by Gasteiger charge is -2.08. The number of phenolic OH excluding ortho intramolecular Hbond substituents is 2. The number of halogens is 3. The van der Waals surface area contributed by atoms with Crippen molar-refractivity contribution in [3.63, 3.8) is 0 Å². The Kier molecular flexibility index (Phi) is 7.32. The van der Waals surface area contributed by atoms with Crippen molar-refractivity contribution in [2.75, 3.05) is 14.2 Å². The van der Waals surface area contributed by atoms with Gasteiger partial charge < -0.3 is 19.7 Å². The molecule has 0 aliphatic carbocycles. The third-order valence-corrected chi connectivity index (χ3v) is 5.47. The van der Waals surface area contributed by atoms with Crippen molar-refractivity contribution in [3.05, 3.63) is 82.9 Å². The minimum absolute atomic E-state index is 0.0183. The number of hydrogen-bond donors (Lipinski definition) is 2. The molecule has 0 aliphatic rings. The first-order valence-electron chi connectivity index (χ1n) is 11.1. The van der Waals surface area contributed by atoms with Crippen LogP contribution in [0.2, 0.25) is 0 Å². The first-order chi connectivity index (χ1) is 17.7. The van der Waals surface area contributed by atoms with E-state index in [-0.39, 0.29) is 23.2 Å². The Bertz CT molecular complexity index is 1430. The number of rotatable bonds is 8. The molecule has 11 heteroatoms. The first kappa shape index (κ1) is 25.5. The summed E-state index contributed by atoms with van der Waals surface area (Å²) in [6, 6.07) is 12.3. The zero-order valence-corrected chi connectivity index (χ0v) is 19.9. The number of alkyl halides is 3. The molecule has 2 aromatic heterocycles. The lowest BCUT2D eigenvalue weighted by molar-refractivity contribution is -0.141. The Morgan fingerprint density at radius 1 is 0.892 bits per heavy atom. The second-order valence-corrected chi connectivity index (χ2v) is 7.98. The third-order valence-electron chi connectivity index (χ3n) is 5.47. The molecule has 0 fully saturated rings. The van der Waals surface area contributed by atoms with Gasteiger partial charge in [0.25, 0.3) is 5.95 Å². The van der Waals surface area contributed by atoms with Gasteiger partial charge in [0.2, 0.25) is 0 Å². The topological polar surface area (TPSA) is 103 Å². The molecule has 0 aliphatic heterocycles. The Labute approximate surface area is 210 Å². The van der Waals surface area contributed by atoms with E-state index in [2.05, 4.69) is 15.1 Å². The number of benzene rings is 2. The standard InChI is InChI=1S/C26H23F3N4O4/c1-36-22-13-16(5-9-20(22)34)3-7-18-15-19(8-4-17-6-10-21(35)23(14-17)37-2)33(32-18)25-30-12-11-24(31-25)26(27,28)29/h4-6,8-15,34-35H,3,7H2,1-2H3/b8-4+. The minimum Gasteiger partial charge on any atom is -0.504 e. The highest BCUT2D eigenvalue weighted by Crippen LogP contribution is 2.30. The van der Waals surface area contributed by atoms with Crippen LogP contribution in [-0.2, 0) is 19.0 Å². The van der Waals surface area contributed by atoms with Crippen LogP contribution in [0.1, 0.15) is 28.2 Å². The molecule has 0 radical (unpaired) electrons. The molecular formula is C26H23F3N4O4. The molecule has 2 aromatic carbocycles. The van der Waals surface area contributed by atoms with Crippen LogP contribution in [0.15, 0.2) is 54.7 Å². The molecule has 0 unspecified atom stereocenters. The Hall–Kier alpha value is -4.54. The molecule has 0 amide bonds. The van der Waals surface area contributed by atoms with Gasteiger partial charge in [-0.05, 0) is 66.4 Å². The molecule has 192 valence electrons. The highest BCUT2D eigenvalue weighted by atomic mass is 19.4. The second-order valence-electron chi connectivity index (χ2n) is 7.98. The number of aromatic nitrogens is 4. The van der Waals surface area contributed by atoms with Crippen molar-refractivity contribution in [2.45, 2.75) is 19.0 Å². The molecule has 0 saturated heterocycles. The van der Waals surface area contributed by atoms with E-state index in [1.54, 1.807) is 42.5 Å². The average Bonchev–Trinajstić information content (AvgIpc) is 3.30. The van der Waals surface area contributed by atoms with E-state index in [1.807, 2.05) is 0 Å². The molecule has 37 heavy (non-hydrogen) atoms. The Balaban J connectivity index is 1.68. The van der Waals surface area contributed by atoms with E-state index in [4.69, 9.17) is 9.47 Å². The van der Waals surface area contributed by atoms with Crippen molar-refractivity contribution in [1.82, 2.24) is 19.7 Å². The summed E-state index contributed by atoms with van der Waals surface area (Å²) in [7, 11) is 2.89. The predicted molar refractivity (Wildman–Crippen MR) is 130 cm³/mol. The quantitative estimate of drug-likeness (QED) is 0.340. The summed E-state index contributed by atoms with van der Waals surface area (Å²) in [6.07, 6.45) is 0.758. The summed E-state index contributed by atoms with van der Waals surface area (Å²) in [6.45, 7) is 0. The number of ether oxygens (including phenoxy) is 2. The van der Waals surface area contributed by atoms with E-state index in [0.29, 0.717) is 35.5 Å². The lowest BCUT2D eigenvalue weighted by Crippen LogP contribution is -2.13. The SMILES string of the molecule is COc1cc(/C=C/c2cc(CCc3ccc(O)c(OC)c3)nn2-c2nccc(C(F)(F)F)n2)ccc1O. The van der Waals surface area contributed by atoms with Gasteiger partial charge in [-0.3, -0.25) is 0 Å². The molecule has 2 N–H and O–H groups in total. The summed E-state index contributed by atoms with van der Waals surface area (Å²) >= 11 is 0. The smallest absolute Gasteiger partial charge is 0.433 e. The maximum atomic E-state index is 13.3. The van der Waals surface area contributed by atoms with Gasteiger partial charge in [0, 0.05) is 6.20 Å². The summed E-state index contributed by atoms with van der Waals surface area (Å²) in [5.41, 5.74) is 1.53. The maximum absolute atomic E-state index is 13.3. The van der Waals surface area contributed by atoms with Crippen LogP contribution in [0.3, 0.4) is 0 Å². The summed E-state index contributed by atoms with van der Waals surface area (Å²) in [4.78, 5) is 7.67. The Morgan fingerprint density at radius 3 is 2.30 bits per heavy atom. The summed E-state index contributed by atoms with van der Waals surface area (Å²) < 4.78 is 51.3. The normalized spacial score (nSPS) is 11.7. The first-order valence-corrected chi connectivity index (χ1v) is 11.1. The zero-order chi connectivity index (χ0) is 26.6. The van der Waals surface area contributed by atoms with E-state index in [1.165, 1.54) is 31.0 Å². The summed E-state index contributed by atoms with van der Waals surface area (Å²) in [5, 5.41) is 24.1. The zero-order valence-electron chi connectivity index (χ0n) is 19.9. The van der Waals surface area contributed by atoms with Crippen LogP contribution in [0.4, 0.5) is 13.2 Å². The van der Waals surface area contributed by atoms with Crippen LogP contribution in [0, 0.1) is 0 Å². The van der Waals surface area contributed by atoms with Crippen LogP contribution in [-0.4, -0.2) is 44.2 Å². The van der Waals surface area contributed by atoms with E-state index in [0.717, 1.165) is 17.8 Å². The number of phenols is 2. The average molecular weight is 512 g/mol. The Morgan fingerprint density at radius 2 is 1.59 bits per heavy atom. The number of hydrogen-bond acceptors (Lipinski definition) is 7. The van der Waals surface area contributed by atoms with E-state index >= 15 is 0 Å². The largest absolute Gasteiger partial charge is 0.504 e. The van der Waals surface area contributed by atoms with Gasteiger partial charge >= 0.3 is 6.18 Å². The van der Waals surface area contributed by atoms with Gasteiger partial charge in [-0.2, -0.15) is 23.0 Å². The molecule has 4 aromatic rings. The highest BCUT2D eigenvalue weighted by Gasteiger charge is 2.33. The molecule has 0 bridgehead atoms. The van der Waals surface area contributed by atoms with Gasteiger partial charge in [-0.1, -0.05) is 18.2 Å². The van der Waals surface area contributed by atoms with Gasteiger partial charge in [0.15, 0.2) is 23.0 Å². The van der Waals surface area contributed by atoms with E-state index < -0.39 is 11.9 Å². The molecule has 0 atom stereocenters. The fourth-order valence-corrected chi connectivity index (χ4v) is 3.59. The van der Waals surface area contributed by atoms with Crippen LogP contribution >= 0.6 is 0 Å². The van der Waals surface area contributed by atoms with Crippen LogP contribution in [0.5, 0.6) is 23.0 Å². The van der Waals surface area contributed by atoms with Gasteiger partial charge in [-0.15, -0.1) is 0 Å². The molecule has 0 spiro atoms. The molecular weight excluding hydrogens is 489 g/mol. The van der Waals surface area contributed by atoms with Gasteiger partial charge in [0.05, 0.1) is 25.6 Å². The summed E-state index contributed by atoms with van der Waals surface area (Å²) in [5.74, 6) is 0.399. The predicted octanol–water partition coefficient (Wildman–Crippen LogP) is 5.07. The van der Waals surface area contributed by atoms with Crippen molar-refractivity contribution < 1.29 is 32.9 Å². The van der Waals surface area contributed by atoms with Crippen molar-refractivity contribution in [3.8, 4) is 28.9 Å². The molecule has 8 nitrogen and oxygen atoms in total. The monoisotopic (exact) mass is 512 g/mol. The second kappa shape index (κ2) is 10.6. The van der Waals surface area contributed by atoms with Crippen molar-refractivity contribution in [2.24, 2.45) is 0 Å². The van der Waals surface area contributed by atoms with Gasteiger partial charge in [0.1, 0.15) is 5.69 Å². The van der Waals surface area contributed by atoms with Crippen molar-refractivity contribution in [1.29, 1.82) is 0 Å². The number of methoxy groups -OCH3 is 2. The van der Waals surface area contributed by atoms with E-state index in [9.17, 15) is 23.4 Å². The van der Waals surface area contributed by atoms with Gasteiger partial charge in [-0.25, -0.2) is 9.97 Å². The third kappa shape index (κ3) is 6.00. The lowest BCUT2D eigenvalue weighted by atomic mass is 10.1.